The lowest BCUT2D eigenvalue weighted by Gasteiger charge is -2.11. The van der Waals surface area contributed by atoms with E-state index in [1.165, 1.54) is 6.42 Å². The van der Waals surface area contributed by atoms with Crippen LogP contribution in [0.1, 0.15) is 19.8 Å². The van der Waals surface area contributed by atoms with E-state index < -0.39 is 0 Å². The highest BCUT2D eigenvalue weighted by molar-refractivity contribution is 5.52. The van der Waals surface area contributed by atoms with Gasteiger partial charge in [-0.1, -0.05) is 11.6 Å². The first-order valence-corrected chi connectivity index (χ1v) is 5.02. The summed E-state index contributed by atoms with van der Waals surface area (Å²) in [5, 5.41) is 6.77. The van der Waals surface area contributed by atoms with Crippen LogP contribution in [0.25, 0.3) is 0 Å². The van der Waals surface area contributed by atoms with Crippen LogP contribution in [0, 0.1) is 0 Å². The molecule has 0 amide bonds. The molecule has 0 aromatic carbocycles. The maximum atomic E-state index is 3.39. The SMILES string of the molecule is CNC1CC(NC)C2=C(C)CC=C21. The Morgan fingerprint density at radius 3 is 2.54 bits per heavy atom. The summed E-state index contributed by atoms with van der Waals surface area (Å²) in [5.41, 5.74) is 4.66. The van der Waals surface area contributed by atoms with Gasteiger partial charge in [0.1, 0.15) is 0 Å². The van der Waals surface area contributed by atoms with E-state index in [4.69, 9.17) is 0 Å². The number of rotatable bonds is 2. The highest BCUT2D eigenvalue weighted by atomic mass is 15.0. The summed E-state index contributed by atoms with van der Waals surface area (Å²) >= 11 is 0. The topological polar surface area (TPSA) is 24.1 Å². The Morgan fingerprint density at radius 1 is 1.23 bits per heavy atom. The molecule has 0 radical (unpaired) electrons. The summed E-state index contributed by atoms with van der Waals surface area (Å²) in [6, 6.07) is 1.15. The molecule has 2 atom stereocenters. The Hall–Kier alpha value is -0.600. The van der Waals surface area contributed by atoms with Gasteiger partial charge in [-0.05, 0) is 45.0 Å². The Bertz CT molecular complexity index is 276. The highest BCUT2D eigenvalue weighted by Crippen LogP contribution is 2.38. The Labute approximate surface area is 80.1 Å². The van der Waals surface area contributed by atoms with Crippen molar-refractivity contribution in [1.29, 1.82) is 0 Å². The normalized spacial score (nSPS) is 32.4. The monoisotopic (exact) mass is 178 g/mol. The van der Waals surface area contributed by atoms with Gasteiger partial charge >= 0.3 is 0 Å². The van der Waals surface area contributed by atoms with Gasteiger partial charge in [-0.15, -0.1) is 0 Å². The predicted molar refractivity (Wildman–Crippen MR) is 55.7 cm³/mol. The number of hydrogen-bond donors (Lipinski definition) is 2. The van der Waals surface area contributed by atoms with Gasteiger partial charge in [0.25, 0.3) is 0 Å². The van der Waals surface area contributed by atoms with E-state index in [1.807, 2.05) is 0 Å². The maximum Gasteiger partial charge on any atom is 0.0338 e. The van der Waals surface area contributed by atoms with Gasteiger partial charge in [-0.3, -0.25) is 0 Å². The fraction of sp³-hybridized carbons (Fsp3) is 0.636. The molecule has 1 fully saturated rings. The number of likely N-dealkylation sites (N-methyl/N-ethyl adjacent to an activating group) is 2. The van der Waals surface area contributed by atoms with E-state index in [1.54, 1.807) is 16.7 Å². The van der Waals surface area contributed by atoms with Gasteiger partial charge in [0.15, 0.2) is 0 Å². The minimum atomic E-state index is 0.574. The van der Waals surface area contributed by atoms with Crippen molar-refractivity contribution >= 4 is 0 Å². The standard InChI is InChI=1S/C11H18N2/c1-7-4-5-8-9(12-2)6-10(13-3)11(7)8/h5,9-10,12-13H,4,6H2,1-3H3. The van der Waals surface area contributed by atoms with Gasteiger partial charge in [0.05, 0.1) is 0 Å². The molecule has 0 bridgehead atoms. The molecule has 2 nitrogen and oxygen atoms in total. The second-order valence-electron chi connectivity index (χ2n) is 3.98. The van der Waals surface area contributed by atoms with E-state index >= 15 is 0 Å². The Kier molecular flexibility index (Phi) is 2.26. The summed E-state index contributed by atoms with van der Waals surface area (Å²) in [6.07, 6.45) is 4.73. The number of hydrogen-bond acceptors (Lipinski definition) is 2. The minimum absolute atomic E-state index is 0.574. The number of fused-ring (bicyclic) bond motifs is 1. The van der Waals surface area contributed by atoms with Crippen molar-refractivity contribution in [3.05, 3.63) is 22.8 Å². The quantitative estimate of drug-likeness (QED) is 0.664. The predicted octanol–water partition coefficient (Wildman–Crippen LogP) is 1.21. The summed E-state index contributed by atoms with van der Waals surface area (Å²) in [6.45, 7) is 2.25. The first-order chi connectivity index (χ1) is 6.27. The van der Waals surface area contributed by atoms with Crippen LogP contribution in [0.15, 0.2) is 22.8 Å². The molecule has 0 saturated heterocycles. The van der Waals surface area contributed by atoms with Gasteiger partial charge in [0, 0.05) is 12.1 Å². The fourth-order valence-electron chi connectivity index (χ4n) is 2.57. The van der Waals surface area contributed by atoms with Gasteiger partial charge in [0.2, 0.25) is 0 Å². The molecule has 0 heterocycles. The number of allylic oxidation sites excluding steroid dienone is 2. The second-order valence-corrected chi connectivity index (χ2v) is 3.98. The van der Waals surface area contributed by atoms with Crippen LogP contribution in [0.4, 0.5) is 0 Å². The van der Waals surface area contributed by atoms with E-state index in [0.717, 1.165) is 6.42 Å². The van der Waals surface area contributed by atoms with Crippen molar-refractivity contribution in [2.45, 2.75) is 31.8 Å². The van der Waals surface area contributed by atoms with Crippen molar-refractivity contribution in [2.75, 3.05) is 14.1 Å². The molecule has 2 unspecified atom stereocenters. The molecule has 2 N–H and O–H groups in total. The molecule has 0 aromatic rings. The van der Waals surface area contributed by atoms with E-state index in [0.29, 0.717) is 12.1 Å². The van der Waals surface area contributed by atoms with Crippen molar-refractivity contribution in [1.82, 2.24) is 10.6 Å². The molecule has 1 saturated carbocycles. The molecule has 2 aliphatic carbocycles. The maximum absolute atomic E-state index is 3.39. The van der Waals surface area contributed by atoms with E-state index in [-0.39, 0.29) is 0 Å². The summed E-state index contributed by atoms with van der Waals surface area (Å²) in [4.78, 5) is 0. The molecule has 2 heteroatoms. The third-order valence-corrected chi connectivity index (χ3v) is 3.29. The molecular formula is C11H18N2. The van der Waals surface area contributed by atoms with Crippen LogP contribution in [0.3, 0.4) is 0 Å². The lowest BCUT2D eigenvalue weighted by molar-refractivity contribution is 0.562. The molecule has 2 aliphatic rings. The van der Waals surface area contributed by atoms with Crippen LogP contribution in [0.2, 0.25) is 0 Å². The lowest BCUT2D eigenvalue weighted by Crippen LogP contribution is -2.28. The molecule has 0 aliphatic heterocycles. The largest absolute Gasteiger partial charge is 0.313 e. The number of nitrogens with one attached hydrogen (secondary N) is 2. The first-order valence-electron chi connectivity index (χ1n) is 5.02. The zero-order chi connectivity index (χ0) is 9.42. The fourth-order valence-corrected chi connectivity index (χ4v) is 2.57. The van der Waals surface area contributed by atoms with Crippen LogP contribution in [-0.2, 0) is 0 Å². The second kappa shape index (κ2) is 3.28. The third-order valence-electron chi connectivity index (χ3n) is 3.29. The minimum Gasteiger partial charge on any atom is -0.313 e. The van der Waals surface area contributed by atoms with Crippen LogP contribution in [-0.4, -0.2) is 26.2 Å². The van der Waals surface area contributed by atoms with Gasteiger partial charge < -0.3 is 10.6 Å². The molecule has 72 valence electrons. The zero-order valence-electron chi connectivity index (χ0n) is 8.65. The first kappa shape index (κ1) is 8.97. The van der Waals surface area contributed by atoms with Gasteiger partial charge in [-0.25, -0.2) is 0 Å². The van der Waals surface area contributed by atoms with E-state index in [9.17, 15) is 0 Å². The zero-order valence-corrected chi connectivity index (χ0v) is 8.65. The lowest BCUT2D eigenvalue weighted by atomic mass is 10.1. The van der Waals surface area contributed by atoms with E-state index in [2.05, 4.69) is 37.7 Å². The van der Waals surface area contributed by atoms with Crippen molar-refractivity contribution in [3.63, 3.8) is 0 Å². The Morgan fingerprint density at radius 2 is 1.92 bits per heavy atom. The third kappa shape index (κ3) is 1.25. The van der Waals surface area contributed by atoms with Crippen molar-refractivity contribution in [3.8, 4) is 0 Å². The van der Waals surface area contributed by atoms with Crippen molar-refractivity contribution < 1.29 is 0 Å². The van der Waals surface area contributed by atoms with Crippen LogP contribution in [0.5, 0.6) is 0 Å². The Balaban J connectivity index is 2.31. The molecule has 0 aromatic heterocycles. The summed E-state index contributed by atoms with van der Waals surface area (Å²) < 4.78 is 0. The molecule has 2 rings (SSSR count). The summed E-state index contributed by atoms with van der Waals surface area (Å²) in [7, 11) is 4.10. The molecular weight excluding hydrogens is 160 g/mol. The summed E-state index contributed by atoms with van der Waals surface area (Å²) in [5.74, 6) is 0. The average molecular weight is 178 g/mol. The smallest absolute Gasteiger partial charge is 0.0338 e. The highest BCUT2D eigenvalue weighted by Gasteiger charge is 2.35. The molecule has 13 heavy (non-hydrogen) atoms. The van der Waals surface area contributed by atoms with Crippen LogP contribution < -0.4 is 10.6 Å². The van der Waals surface area contributed by atoms with Crippen LogP contribution >= 0.6 is 0 Å². The van der Waals surface area contributed by atoms with Gasteiger partial charge in [-0.2, -0.15) is 0 Å². The van der Waals surface area contributed by atoms with Crippen molar-refractivity contribution in [2.24, 2.45) is 0 Å². The average Bonchev–Trinajstić information content (AvgIpc) is 2.67. The molecule has 0 spiro atoms.